The lowest BCUT2D eigenvalue weighted by Crippen LogP contribution is -2.29. The summed E-state index contributed by atoms with van der Waals surface area (Å²) in [6.45, 7) is 3.73. The summed E-state index contributed by atoms with van der Waals surface area (Å²) < 4.78 is 0.966. The van der Waals surface area contributed by atoms with Crippen LogP contribution in [0.2, 0.25) is 0 Å². The molecule has 4 heteroatoms. The van der Waals surface area contributed by atoms with Gasteiger partial charge >= 0.3 is 0 Å². The van der Waals surface area contributed by atoms with Gasteiger partial charge < -0.3 is 10.6 Å². The molecule has 0 radical (unpaired) electrons. The molecule has 2 N–H and O–H groups in total. The molecule has 1 aromatic rings. The third-order valence-corrected chi connectivity index (χ3v) is 3.91. The Kier molecular flexibility index (Phi) is 4.27. The first-order valence-corrected chi connectivity index (χ1v) is 7.16. The van der Waals surface area contributed by atoms with Crippen LogP contribution in [0.4, 0.5) is 5.69 Å². The van der Waals surface area contributed by atoms with E-state index in [0.717, 1.165) is 35.1 Å². The summed E-state index contributed by atoms with van der Waals surface area (Å²) in [6.07, 6.45) is 2.77. The summed E-state index contributed by atoms with van der Waals surface area (Å²) in [5, 5.41) is 0. The molecule has 0 aromatic heterocycles. The normalized spacial score (nSPS) is 20.9. The van der Waals surface area contributed by atoms with Gasteiger partial charge in [0.25, 0.3) is 0 Å². The molecule has 1 amide bonds. The summed E-state index contributed by atoms with van der Waals surface area (Å²) in [5.74, 6) is 0.907. The summed E-state index contributed by atoms with van der Waals surface area (Å²) in [5.41, 5.74) is 7.64. The summed E-state index contributed by atoms with van der Waals surface area (Å²) >= 11 is 3.43. The van der Waals surface area contributed by atoms with Crippen LogP contribution >= 0.6 is 15.9 Å². The molecule has 0 saturated carbocycles. The molecule has 1 aliphatic heterocycles. The molecule has 0 bridgehead atoms. The zero-order valence-corrected chi connectivity index (χ0v) is 12.2. The second-order valence-corrected chi connectivity index (χ2v) is 6.06. The zero-order valence-electron chi connectivity index (χ0n) is 10.7. The van der Waals surface area contributed by atoms with E-state index in [1.54, 1.807) is 0 Å². The molecule has 1 aliphatic rings. The minimum absolute atomic E-state index is 0.262. The molecule has 1 atom stereocenters. The van der Waals surface area contributed by atoms with Crippen molar-refractivity contribution in [1.29, 1.82) is 0 Å². The van der Waals surface area contributed by atoms with Gasteiger partial charge in [-0.05, 0) is 42.5 Å². The minimum Gasteiger partial charge on any atom is -0.399 e. The molecule has 1 fully saturated rings. The topological polar surface area (TPSA) is 46.3 Å². The standard InChI is InChI=1S/C14H19BrN2O/c1-10-2-3-14(18)17(5-4-10)9-11-6-12(15)8-13(16)7-11/h6-8,10H,2-5,9,16H2,1H3. The molecular formula is C14H19BrN2O. The first-order chi connectivity index (χ1) is 8.54. The molecular weight excluding hydrogens is 292 g/mol. The fourth-order valence-electron chi connectivity index (χ4n) is 2.33. The van der Waals surface area contributed by atoms with Gasteiger partial charge in [0, 0.05) is 29.7 Å². The number of carbonyl (C=O) groups is 1. The SMILES string of the molecule is CC1CCC(=O)N(Cc2cc(N)cc(Br)c2)CC1. The highest BCUT2D eigenvalue weighted by molar-refractivity contribution is 9.10. The maximum Gasteiger partial charge on any atom is 0.222 e. The van der Waals surface area contributed by atoms with Crippen molar-refractivity contribution in [3.63, 3.8) is 0 Å². The van der Waals surface area contributed by atoms with Gasteiger partial charge in [0.1, 0.15) is 0 Å². The Morgan fingerprint density at radius 3 is 2.89 bits per heavy atom. The quantitative estimate of drug-likeness (QED) is 0.853. The van der Waals surface area contributed by atoms with E-state index in [0.29, 0.717) is 18.9 Å². The number of halogens is 1. The highest BCUT2D eigenvalue weighted by Gasteiger charge is 2.20. The molecule has 3 nitrogen and oxygen atoms in total. The average Bonchev–Trinajstić information content (AvgIpc) is 2.43. The Morgan fingerprint density at radius 1 is 1.39 bits per heavy atom. The molecule has 98 valence electrons. The number of likely N-dealkylation sites (tertiary alicyclic amines) is 1. The lowest BCUT2D eigenvalue weighted by Gasteiger charge is -2.21. The lowest BCUT2D eigenvalue weighted by atomic mass is 10.0. The van der Waals surface area contributed by atoms with Crippen LogP contribution < -0.4 is 5.73 Å². The summed E-state index contributed by atoms with van der Waals surface area (Å²) in [4.78, 5) is 14.0. The van der Waals surface area contributed by atoms with Crippen LogP contribution in [0.25, 0.3) is 0 Å². The largest absolute Gasteiger partial charge is 0.399 e. The maximum atomic E-state index is 12.0. The van der Waals surface area contributed by atoms with Gasteiger partial charge in [-0.2, -0.15) is 0 Å². The Bertz CT molecular complexity index is 427. The third-order valence-electron chi connectivity index (χ3n) is 3.45. The number of nitrogens with two attached hydrogens (primary N) is 1. The molecule has 18 heavy (non-hydrogen) atoms. The molecule has 1 unspecified atom stereocenters. The van der Waals surface area contributed by atoms with Crippen molar-refractivity contribution < 1.29 is 4.79 Å². The van der Waals surface area contributed by atoms with Crippen molar-refractivity contribution in [3.8, 4) is 0 Å². The van der Waals surface area contributed by atoms with Gasteiger partial charge in [-0.1, -0.05) is 22.9 Å². The number of amides is 1. The number of nitrogen functional groups attached to an aromatic ring is 1. The number of hydrogen-bond donors (Lipinski definition) is 1. The van der Waals surface area contributed by atoms with Crippen LogP contribution in [0.3, 0.4) is 0 Å². The molecule has 0 aliphatic carbocycles. The second kappa shape index (κ2) is 5.74. The van der Waals surface area contributed by atoms with Gasteiger partial charge in [0.05, 0.1) is 0 Å². The molecule has 0 spiro atoms. The summed E-state index contributed by atoms with van der Waals surface area (Å²) in [6, 6.07) is 5.83. The van der Waals surface area contributed by atoms with Crippen molar-refractivity contribution in [2.24, 2.45) is 5.92 Å². The monoisotopic (exact) mass is 310 g/mol. The van der Waals surface area contributed by atoms with Crippen LogP contribution in [0.15, 0.2) is 22.7 Å². The van der Waals surface area contributed by atoms with Gasteiger partial charge in [0.15, 0.2) is 0 Å². The van der Waals surface area contributed by atoms with Crippen LogP contribution in [0.5, 0.6) is 0 Å². The van der Waals surface area contributed by atoms with E-state index in [1.165, 1.54) is 0 Å². The predicted molar refractivity (Wildman–Crippen MR) is 77.0 cm³/mol. The minimum atomic E-state index is 0.262. The Hall–Kier alpha value is -1.03. The second-order valence-electron chi connectivity index (χ2n) is 5.14. The molecule has 1 heterocycles. The van der Waals surface area contributed by atoms with Crippen molar-refractivity contribution in [2.45, 2.75) is 32.7 Å². The van der Waals surface area contributed by atoms with Crippen LogP contribution in [-0.2, 0) is 11.3 Å². The van der Waals surface area contributed by atoms with Crippen LogP contribution in [0, 0.1) is 5.92 Å². The number of anilines is 1. The fourth-order valence-corrected chi connectivity index (χ4v) is 2.89. The Balaban J connectivity index is 2.09. The van der Waals surface area contributed by atoms with Gasteiger partial charge in [-0.25, -0.2) is 0 Å². The summed E-state index contributed by atoms with van der Waals surface area (Å²) in [7, 11) is 0. The van der Waals surface area contributed by atoms with Crippen LogP contribution in [-0.4, -0.2) is 17.4 Å². The average molecular weight is 311 g/mol. The van der Waals surface area contributed by atoms with E-state index >= 15 is 0 Å². The molecule has 2 rings (SSSR count). The highest BCUT2D eigenvalue weighted by atomic mass is 79.9. The third kappa shape index (κ3) is 3.48. The number of carbonyl (C=O) groups excluding carboxylic acids is 1. The lowest BCUT2D eigenvalue weighted by molar-refractivity contribution is -0.131. The van der Waals surface area contributed by atoms with Crippen molar-refractivity contribution in [1.82, 2.24) is 4.90 Å². The van der Waals surface area contributed by atoms with Gasteiger partial charge in [-0.3, -0.25) is 4.79 Å². The fraction of sp³-hybridized carbons (Fsp3) is 0.500. The Morgan fingerprint density at radius 2 is 2.17 bits per heavy atom. The van der Waals surface area contributed by atoms with Crippen molar-refractivity contribution >= 4 is 27.5 Å². The zero-order chi connectivity index (χ0) is 13.1. The smallest absolute Gasteiger partial charge is 0.222 e. The molecule has 1 aromatic carbocycles. The number of nitrogens with zero attached hydrogens (tertiary/aromatic N) is 1. The van der Waals surface area contributed by atoms with E-state index in [-0.39, 0.29) is 5.91 Å². The Labute approximate surface area is 116 Å². The highest BCUT2D eigenvalue weighted by Crippen LogP contribution is 2.22. The van der Waals surface area contributed by atoms with E-state index < -0.39 is 0 Å². The van der Waals surface area contributed by atoms with E-state index in [2.05, 4.69) is 22.9 Å². The first-order valence-electron chi connectivity index (χ1n) is 6.37. The molecule has 1 saturated heterocycles. The van der Waals surface area contributed by atoms with Gasteiger partial charge in [-0.15, -0.1) is 0 Å². The van der Waals surface area contributed by atoms with E-state index in [4.69, 9.17) is 5.73 Å². The predicted octanol–water partition coefficient (Wildman–Crippen LogP) is 3.18. The number of benzene rings is 1. The van der Waals surface area contributed by atoms with E-state index in [1.807, 2.05) is 23.1 Å². The van der Waals surface area contributed by atoms with Gasteiger partial charge in [0.2, 0.25) is 5.91 Å². The maximum absolute atomic E-state index is 12.0. The van der Waals surface area contributed by atoms with Crippen molar-refractivity contribution in [3.05, 3.63) is 28.2 Å². The number of hydrogen-bond acceptors (Lipinski definition) is 2. The van der Waals surface area contributed by atoms with Crippen molar-refractivity contribution in [2.75, 3.05) is 12.3 Å². The number of rotatable bonds is 2. The van der Waals surface area contributed by atoms with Crippen LogP contribution in [0.1, 0.15) is 31.7 Å². The first kappa shape index (κ1) is 13.4. The van der Waals surface area contributed by atoms with E-state index in [9.17, 15) is 4.79 Å².